The third-order valence-electron chi connectivity index (χ3n) is 1.48. The summed E-state index contributed by atoms with van der Waals surface area (Å²) in [5, 5.41) is 0. The molecule has 11 heavy (non-hydrogen) atoms. The summed E-state index contributed by atoms with van der Waals surface area (Å²) >= 11 is 0. The number of ether oxygens (including phenoxy) is 1. The Morgan fingerprint density at radius 2 is 2.18 bits per heavy atom. The van der Waals surface area contributed by atoms with Gasteiger partial charge in [-0.25, -0.2) is 0 Å². The first-order valence-corrected chi connectivity index (χ1v) is 3.49. The third kappa shape index (κ3) is 2.29. The molecule has 0 saturated heterocycles. The van der Waals surface area contributed by atoms with E-state index in [1.165, 1.54) is 0 Å². The summed E-state index contributed by atoms with van der Waals surface area (Å²) in [5.41, 5.74) is 6.81. The quantitative estimate of drug-likeness (QED) is 0.694. The van der Waals surface area contributed by atoms with Crippen molar-refractivity contribution in [3.8, 4) is 0 Å². The van der Waals surface area contributed by atoms with Gasteiger partial charge in [0.1, 0.15) is 0 Å². The molecule has 0 fully saturated rings. The first-order chi connectivity index (χ1) is 5.34. The summed E-state index contributed by atoms with van der Waals surface area (Å²) in [6, 6.07) is 3.75. The smallest absolute Gasteiger partial charge is 0.0655 e. The van der Waals surface area contributed by atoms with Crippen LogP contribution in [0.3, 0.4) is 0 Å². The molecule has 0 radical (unpaired) electrons. The Bertz CT molecular complexity index is 201. The molecule has 1 atom stereocenters. The average Bonchev–Trinajstić information content (AvgIpc) is 2.07. The van der Waals surface area contributed by atoms with E-state index < -0.39 is 0 Å². The monoisotopic (exact) mass is 152 g/mol. The van der Waals surface area contributed by atoms with Gasteiger partial charge in [-0.2, -0.15) is 0 Å². The minimum absolute atomic E-state index is 0.0389. The van der Waals surface area contributed by atoms with Crippen molar-refractivity contribution < 1.29 is 4.74 Å². The molecular formula is C8H12N2O. The van der Waals surface area contributed by atoms with Crippen LogP contribution in [0.5, 0.6) is 0 Å². The van der Waals surface area contributed by atoms with E-state index in [0.717, 1.165) is 5.56 Å². The molecule has 0 saturated carbocycles. The number of aromatic nitrogens is 1. The van der Waals surface area contributed by atoms with Crippen molar-refractivity contribution in [1.82, 2.24) is 4.98 Å². The number of rotatable bonds is 3. The van der Waals surface area contributed by atoms with E-state index in [9.17, 15) is 0 Å². The van der Waals surface area contributed by atoms with E-state index in [1.807, 2.05) is 12.1 Å². The van der Waals surface area contributed by atoms with E-state index in [0.29, 0.717) is 6.61 Å². The van der Waals surface area contributed by atoms with Gasteiger partial charge in [0.2, 0.25) is 0 Å². The van der Waals surface area contributed by atoms with E-state index >= 15 is 0 Å². The molecule has 0 aliphatic heterocycles. The molecule has 60 valence electrons. The Balaban J connectivity index is 2.61. The molecule has 1 heterocycles. The largest absolute Gasteiger partial charge is 0.383 e. The lowest BCUT2D eigenvalue weighted by Crippen LogP contribution is -2.15. The second-order valence-corrected chi connectivity index (χ2v) is 2.34. The van der Waals surface area contributed by atoms with Gasteiger partial charge in [-0.3, -0.25) is 4.98 Å². The van der Waals surface area contributed by atoms with Crippen molar-refractivity contribution in [2.24, 2.45) is 5.73 Å². The summed E-state index contributed by atoms with van der Waals surface area (Å²) < 4.78 is 4.91. The second-order valence-electron chi connectivity index (χ2n) is 2.34. The maximum atomic E-state index is 5.75. The van der Waals surface area contributed by atoms with Crippen molar-refractivity contribution in [1.29, 1.82) is 0 Å². The zero-order valence-corrected chi connectivity index (χ0v) is 6.53. The van der Waals surface area contributed by atoms with Gasteiger partial charge in [-0.15, -0.1) is 0 Å². The van der Waals surface area contributed by atoms with Crippen molar-refractivity contribution in [3.05, 3.63) is 30.1 Å². The molecule has 1 aromatic rings. The van der Waals surface area contributed by atoms with Crippen molar-refractivity contribution in [3.63, 3.8) is 0 Å². The van der Waals surface area contributed by atoms with Gasteiger partial charge in [0.25, 0.3) is 0 Å². The lowest BCUT2D eigenvalue weighted by atomic mass is 10.1. The highest BCUT2D eigenvalue weighted by molar-refractivity contribution is 5.14. The Morgan fingerprint density at radius 1 is 1.55 bits per heavy atom. The van der Waals surface area contributed by atoms with Gasteiger partial charge in [0.15, 0.2) is 0 Å². The van der Waals surface area contributed by atoms with Gasteiger partial charge in [-0.05, 0) is 17.7 Å². The Morgan fingerprint density at radius 3 is 2.73 bits per heavy atom. The highest BCUT2D eigenvalue weighted by atomic mass is 16.5. The van der Waals surface area contributed by atoms with Crippen molar-refractivity contribution in [2.45, 2.75) is 6.04 Å². The molecule has 0 aliphatic carbocycles. The number of methoxy groups -OCH3 is 1. The van der Waals surface area contributed by atoms with Gasteiger partial charge in [0, 0.05) is 19.5 Å². The minimum atomic E-state index is -0.0389. The number of hydrogen-bond acceptors (Lipinski definition) is 3. The fraction of sp³-hybridized carbons (Fsp3) is 0.375. The summed E-state index contributed by atoms with van der Waals surface area (Å²) in [7, 11) is 1.64. The van der Waals surface area contributed by atoms with Crippen molar-refractivity contribution in [2.75, 3.05) is 13.7 Å². The SMILES string of the molecule is COC[C@H](N)c1ccncc1. The third-order valence-corrected chi connectivity index (χ3v) is 1.48. The van der Waals surface area contributed by atoms with E-state index in [2.05, 4.69) is 4.98 Å². The highest BCUT2D eigenvalue weighted by Crippen LogP contribution is 2.07. The fourth-order valence-corrected chi connectivity index (χ4v) is 0.886. The molecule has 0 aliphatic rings. The van der Waals surface area contributed by atoms with Gasteiger partial charge < -0.3 is 10.5 Å². The summed E-state index contributed by atoms with van der Waals surface area (Å²) in [4.78, 5) is 3.89. The molecule has 0 amide bonds. The van der Waals surface area contributed by atoms with Crippen LogP contribution in [-0.2, 0) is 4.74 Å². The number of nitrogens with zero attached hydrogens (tertiary/aromatic N) is 1. The zero-order valence-electron chi connectivity index (χ0n) is 6.53. The Kier molecular flexibility index (Phi) is 3.01. The first-order valence-electron chi connectivity index (χ1n) is 3.49. The van der Waals surface area contributed by atoms with Crippen LogP contribution in [-0.4, -0.2) is 18.7 Å². The normalized spacial score (nSPS) is 12.9. The van der Waals surface area contributed by atoms with Crippen LogP contribution in [0, 0.1) is 0 Å². The van der Waals surface area contributed by atoms with Crippen LogP contribution < -0.4 is 5.73 Å². The number of hydrogen-bond donors (Lipinski definition) is 1. The van der Waals surface area contributed by atoms with Crippen molar-refractivity contribution >= 4 is 0 Å². The molecule has 0 aromatic carbocycles. The molecule has 3 nitrogen and oxygen atoms in total. The van der Waals surface area contributed by atoms with Crippen LogP contribution in [0.2, 0.25) is 0 Å². The van der Waals surface area contributed by atoms with E-state index in [-0.39, 0.29) is 6.04 Å². The van der Waals surface area contributed by atoms with Gasteiger partial charge in [0.05, 0.1) is 12.6 Å². The van der Waals surface area contributed by atoms with Gasteiger partial charge >= 0.3 is 0 Å². The summed E-state index contributed by atoms with van der Waals surface area (Å²) in [6.07, 6.45) is 3.45. The Labute approximate surface area is 66.2 Å². The average molecular weight is 152 g/mol. The molecule has 3 heteroatoms. The molecule has 0 spiro atoms. The minimum Gasteiger partial charge on any atom is -0.383 e. The van der Waals surface area contributed by atoms with Crippen LogP contribution in [0.15, 0.2) is 24.5 Å². The van der Waals surface area contributed by atoms with E-state index in [1.54, 1.807) is 19.5 Å². The predicted molar refractivity (Wildman–Crippen MR) is 43.0 cm³/mol. The highest BCUT2D eigenvalue weighted by Gasteiger charge is 2.02. The lowest BCUT2D eigenvalue weighted by Gasteiger charge is -2.09. The molecule has 1 rings (SSSR count). The van der Waals surface area contributed by atoms with Gasteiger partial charge in [-0.1, -0.05) is 0 Å². The first kappa shape index (κ1) is 8.17. The van der Waals surface area contributed by atoms with Crippen LogP contribution in [0.1, 0.15) is 11.6 Å². The van der Waals surface area contributed by atoms with Crippen LogP contribution in [0.25, 0.3) is 0 Å². The van der Waals surface area contributed by atoms with E-state index in [4.69, 9.17) is 10.5 Å². The summed E-state index contributed by atoms with van der Waals surface area (Å²) in [6.45, 7) is 0.546. The lowest BCUT2D eigenvalue weighted by molar-refractivity contribution is 0.181. The van der Waals surface area contributed by atoms with Crippen LogP contribution >= 0.6 is 0 Å². The molecule has 0 unspecified atom stereocenters. The molecule has 2 N–H and O–H groups in total. The second kappa shape index (κ2) is 4.05. The zero-order chi connectivity index (χ0) is 8.10. The Hall–Kier alpha value is -0.930. The van der Waals surface area contributed by atoms with Crippen LogP contribution in [0.4, 0.5) is 0 Å². The molecular weight excluding hydrogens is 140 g/mol. The predicted octanol–water partition coefficient (Wildman–Crippen LogP) is 0.728. The topological polar surface area (TPSA) is 48.1 Å². The summed E-state index contributed by atoms with van der Waals surface area (Å²) in [5.74, 6) is 0. The standard InChI is InChI=1S/C8H12N2O/c1-11-6-8(9)7-2-4-10-5-3-7/h2-5,8H,6,9H2,1H3/t8-/m0/s1. The fourth-order valence-electron chi connectivity index (χ4n) is 0.886. The maximum Gasteiger partial charge on any atom is 0.0655 e. The molecule has 1 aromatic heterocycles. The number of pyridine rings is 1. The number of nitrogens with two attached hydrogens (primary N) is 1. The maximum absolute atomic E-state index is 5.75. The molecule has 0 bridgehead atoms.